The van der Waals surface area contributed by atoms with E-state index in [9.17, 15) is 31.5 Å². The van der Waals surface area contributed by atoms with Crippen LogP contribution < -0.4 is 11.3 Å². The molecular formula is C21H17F5N4O3S. The Morgan fingerprint density at radius 3 is 2.68 bits per heavy atom. The lowest BCUT2D eigenvalue weighted by Crippen LogP contribution is -2.35. The van der Waals surface area contributed by atoms with Crippen LogP contribution in [0.25, 0.3) is 21.2 Å². The van der Waals surface area contributed by atoms with E-state index in [2.05, 4.69) is 5.16 Å². The van der Waals surface area contributed by atoms with Gasteiger partial charge in [0.25, 0.3) is 5.56 Å². The number of thiophene rings is 1. The third-order valence-corrected chi connectivity index (χ3v) is 6.56. The third kappa shape index (κ3) is 4.22. The number of benzene rings is 1. The molecule has 1 aliphatic heterocycles. The Morgan fingerprint density at radius 1 is 1.32 bits per heavy atom. The van der Waals surface area contributed by atoms with Crippen LogP contribution in [0, 0.1) is 5.82 Å². The van der Waals surface area contributed by atoms with Crippen molar-refractivity contribution in [2.45, 2.75) is 25.3 Å². The largest absolute Gasteiger partial charge is 0.419 e. The molecule has 0 aliphatic carbocycles. The minimum atomic E-state index is -4.96. The van der Waals surface area contributed by atoms with Crippen molar-refractivity contribution >= 4 is 33.2 Å². The monoisotopic (exact) mass is 500 g/mol. The molecule has 1 aromatic carbocycles. The lowest BCUT2D eigenvalue weighted by Gasteiger charge is -2.17. The highest BCUT2D eigenvalue weighted by atomic mass is 32.1. The molecule has 3 heterocycles. The van der Waals surface area contributed by atoms with Crippen molar-refractivity contribution in [1.29, 1.82) is 0 Å². The zero-order chi connectivity index (χ0) is 24.8. The highest BCUT2D eigenvalue weighted by Gasteiger charge is 2.34. The number of nitrogens with zero attached hydrogens (tertiary/aromatic N) is 3. The molecule has 0 spiro atoms. The Balaban J connectivity index is 1.89. The summed E-state index contributed by atoms with van der Waals surface area (Å²) in [6.07, 6.45) is -4.75. The highest BCUT2D eigenvalue weighted by Crippen LogP contribution is 2.38. The second-order valence-corrected chi connectivity index (χ2v) is 8.61. The Morgan fingerprint density at radius 2 is 2.06 bits per heavy atom. The number of likely N-dealkylation sites (tertiary alicyclic amines) is 1. The number of pyridine rings is 1. The zero-order valence-electron chi connectivity index (χ0n) is 17.3. The molecule has 7 nitrogen and oxygen atoms in total. The third-order valence-electron chi connectivity index (χ3n) is 5.55. The Labute approximate surface area is 192 Å². The minimum Gasteiger partial charge on any atom is -0.409 e. The number of amides is 1. The lowest BCUT2D eigenvalue weighted by molar-refractivity contribution is -0.140. The van der Waals surface area contributed by atoms with E-state index in [0.29, 0.717) is 12.1 Å². The number of carbonyl (C=O) groups excluding carboxylic acids is 1. The van der Waals surface area contributed by atoms with E-state index < -0.39 is 41.7 Å². The van der Waals surface area contributed by atoms with Crippen LogP contribution in [0.15, 0.2) is 39.7 Å². The van der Waals surface area contributed by atoms with Gasteiger partial charge in [-0.05, 0) is 24.1 Å². The number of nitrogens with two attached hydrogens (primary N) is 1. The molecule has 13 heteroatoms. The Kier molecular flexibility index (Phi) is 6.06. The Bertz CT molecular complexity index is 1360. The van der Waals surface area contributed by atoms with Gasteiger partial charge in [-0.3, -0.25) is 9.59 Å². The summed E-state index contributed by atoms with van der Waals surface area (Å²) in [6, 6.07) is 2.34. The summed E-state index contributed by atoms with van der Waals surface area (Å²) in [5, 5.41) is 13.4. The fraction of sp³-hybridized carbons (Fsp3) is 0.286. The number of hydrogen-bond acceptors (Lipinski definition) is 5. The molecule has 1 fully saturated rings. The van der Waals surface area contributed by atoms with Crippen LogP contribution in [0.3, 0.4) is 0 Å². The molecule has 3 N–H and O–H groups in total. The van der Waals surface area contributed by atoms with Gasteiger partial charge < -0.3 is 20.4 Å². The number of halogens is 5. The molecule has 0 bridgehead atoms. The van der Waals surface area contributed by atoms with Crippen LogP contribution >= 0.6 is 11.3 Å². The minimum absolute atomic E-state index is 0.0642. The van der Waals surface area contributed by atoms with Gasteiger partial charge in [0, 0.05) is 23.7 Å². The maximum Gasteiger partial charge on any atom is 0.419 e. The first kappa shape index (κ1) is 23.7. The molecule has 0 radical (unpaired) electrons. The summed E-state index contributed by atoms with van der Waals surface area (Å²) in [5.41, 5.74) is 3.59. The predicted molar refractivity (Wildman–Crippen MR) is 115 cm³/mol. The van der Waals surface area contributed by atoms with Gasteiger partial charge in [-0.2, -0.15) is 13.2 Å². The topological polar surface area (TPSA) is 101 Å². The summed E-state index contributed by atoms with van der Waals surface area (Å²) in [7, 11) is 0. The van der Waals surface area contributed by atoms with Gasteiger partial charge in [-0.15, -0.1) is 11.3 Å². The molecule has 1 unspecified atom stereocenters. The predicted octanol–water partition coefficient (Wildman–Crippen LogP) is 3.55. The summed E-state index contributed by atoms with van der Waals surface area (Å²) in [4.78, 5) is 27.2. The van der Waals surface area contributed by atoms with E-state index >= 15 is 0 Å². The molecule has 1 amide bonds. The van der Waals surface area contributed by atoms with Crippen LogP contribution in [0.2, 0.25) is 0 Å². The van der Waals surface area contributed by atoms with Crippen LogP contribution in [0.5, 0.6) is 0 Å². The second kappa shape index (κ2) is 8.70. The van der Waals surface area contributed by atoms with E-state index in [1.54, 1.807) is 0 Å². The van der Waals surface area contributed by atoms with E-state index in [0.717, 1.165) is 22.0 Å². The number of carbonyl (C=O) groups is 1. The molecule has 180 valence electrons. The first-order valence-corrected chi connectivity index (χ1v) is 10.8. The first-order chi connectivity index (χ1) is 16.0. The number of amidine groups is 1. The van der Waals surface area contributed by atoms with Gasteiger partial charge in [0.1, 0.15) is 18.5 Å². The fourth-order valence-corrected chi connectivity index (χ4v) is 4.94. The lowest BCUT2D eigenvalue weighted by atomic mass is 10.0. The molecule has 3 aromatic rings. The molecule has 1 saturated heterocycles. The van der Waals surface area contributed by atoms with Gasteiger partial charge in [0.2, 0.25) is 5.91 Å². The van der Waals surface area contributed by atoms with Crippen molar-refractivity contribution < 1.29 is 32.0 Å². The SMILES string of the molecule is NC(=NO)c1cn(CC(=O)N2CCC(F)C2)c(=O)c2c(-c3ccc(F)c(C(F)(F)F)c3)csc12. The molecule has 1 atom stereocenters. The maximum absolute atomic E-state index is 13.8. The number of hydrogen-bond donors (Lipinski definition) is 2. The molecular weight excluding hydrogens is 483 g/mol. The maximum atomic E-state index is 13.8. The molecule has 4 rings (SSSR count). The average Bonchev–Trinajstić information content (AvgIpc) is 3.41. The number of alkyl halides is 4. The van der Waals surface area contributed by atoms with E-state index in [4.69, 9.17) is 10.9 Å². The van der Waals surface area contributed by atoms with E-state index in [-0.39, 0.29) is 52.1 Å². The molecule has 1 aliphatic rings. The second-order valence-electron chi connectivity index (χ2n) is 7.73. The fourth-order valence-electron chi connectivity index (χ4n) is 3.85. The standard InChI is InChI=1S/C21H17F5N4O3S/c22-11-3-4-29(6-11)16(31)8-30-7-12(19(27)28-33)18-17(20(30)32)13(9-34-18)10-1-2-15(23)14(5-10)21(24,25)26/h1-2,5,7,9,11,33H,3-4,6,8H2,(H2,27,28). The average molecular weight is 500 g/mol. The van der Waals surface area contributed by atoms with Crippen molar-refractivity contribution in [3.63, 3.8) is 0 Å². The van der Waals surface area contributed by atoms with Crippen molar-refractivity contribution in [2.24, 2.45) is 10.9 Å². The highest BCUT2D eigenvalue weighted by molar-refractivity contribution is 7.18. The van der Waals surface area contributed by atoms with Gasteiger partial charge >= 0.3 is 6.18 Å². The van der Waals surface area contributed by atoms with Crippen molar-refractivity contribution in [3.8, 4) is 11.1 Å². The van der Waals surface area contributed by atoms with Gasteiger partial charge in [-0.1, -0.05) is 11.2 Å². The quantitative estimate of drug-likeness (QED) is 0.188. The summed E-state index contributed by atoms with van der Waals surface area (Å²) in [5.74, 6) is -2.39. The van der Waals surface area contributed by atoms with Crippen molar-refractivity contribution in [2.75, 3.05) is 13.1 Å². The number of rotatable bonds is 4. The van der Waals surface area contributed by atoms with Crippen LogP contribution in [-0.4, -0.2) is 45.7 Å². The zero-order valence-corrected chi connectivity index (χ0v) is 18.1. The Hall–Kier alpha value is -3.48. The normalized spacial score (nSPS) is 17.0. The van der Waals surface area contributed by atoms with Gasteiger partial charge in [0.15, 0.2) is 5.84 Å². The van der Waals surface area contributed by atoms with Crippen LogP contribution in [0.1, 0.15) is 17.5 Å². The number of fused-ring (bicyclic) bond motifs is 1. The van der Waals surface area contributed by atoms with Crippen molar-refractivity contribution in [3.05, 3.63) is 57.1 Å². The van der Waals surface area contributed by atoms with E-state index in [1.165, 1.54) is 16.5 Å². The number of oxime groups is 1. The van der Waals surface area contributed by atoms with E-state index in [1.807, 2.05) is 0 Å². The summed E-state index contributed by atoms with van der Waals surface area (Å²) in [6.45, 7) is -0.411. The van der Waals surface area contributed by atoms with Gasteiger partial charge in [0.05, 0.1) is 27.8 Å². The molecule has 0 saturated carbocycles. The molecule has 2 aromatic heterocycles. The number of aromatic nitrogens is 1. The first-order valence-electron chi connectivity index (χ1n) is 9.92. The van der Waals surface area contributed by atoms with Gasteiger partial charge in [-0.25, -0.2) is 8.78 Å². The molecule has 34 heavy (non-hydrogen) atoms. The smallest absolute Gasteiger partial charge is 0.409 e. The van der Waals surface area contributed by atoms with Crippen LogP contribution in [-0.2, 0) is 17.5 Å². The summed E-state index contributed by atoms with van der Waals surface area (Å²) >= 11 is 0.959. The van der Waals surface area contributed by atoms with Crippen molar-refractivity contribution in [1.82, 2.24) is 9.47 Å². The van der Waals surface area contributed by atoms with Crippen LogP contribution in [0.4, 0.5) is 22.0 Å². The summed E-state index contributed by atoms with van der Waals surface area (Å²) < 4.78 is 68.2.